The minimum atomic E-state index is -0.981. The first-order valence-electron chi connectivity index (χ1n) is 7.75. The third kappa shape index (κ3) is 3.99. The summed E-state index contributed by atoms with van der Waals surface area (Å²) >= 11 is 0. The Hall–Kier alpha value is -2.24. The van der Waals surface area contributed by atoms with Crippen LogP contribution in [0.25, 0.3) is 0 Å². The lowest BCUT2D eigenvalue weighted by Crippen LogP contribution is -2.29. The molecule has 0 aliphatic rings. The summed E-state index contributed by atoms with van der Waals surface area (Å²) in [6.45, 7) is 3.49. The largest absolute Gasteiger partial charge is 0.497 e. The molecule has 5 heteroatoms. The Morgan fingerprint density at radius 2 is 1.67 bits per heavy atom. The van der Waals surface area contributed by atoms with Gasteiger partial charge < -0.3 is 24.4 Å². The lowest BCUT2D eigenvalue weighted by Gasteiger charge is -2.24. The van der Waals surface area contributed by atoms with E-state index in [9.17, 15) is 10.2 Å². The quantitative estimate of drug-likeness (QED) is 0.816. The van der Waals surface area contributed by atoms with Crippen LogP contribution in [0.3, 0.4) is 0 Å². The number of aliphatic hydroxyl groups excluding tert-OH is 2. The Bertz CT molecular complexity index is 683. The summed E-state index contributed by atoms with van der Waals surface area (Å²) in [5.41, 5.74) is 2.46. The van der Waals surface area contributed by atoms with Gasteiger partial charge in [-0.3, -0.25) is 0 Å². The zero-order chi connectivity index (χ0) is 17.7. The van der Waals surface area contributed by atoms with Crippen molar-refractivity contribution in [3.8, 4) is 17.2 Å². The number of aliphatic hydroxyl groups is 2. The van der Waals surface area contributed by atoms with Crippen molar-refractivity contribution in [2.24, 2.45) is 0 Å². The average Bonchev–Trinajstić information content (AvgIpc) is 2.60. The van der Waals surface area contributed by atoms with Gasteiger partial charge in [-0.15, -0.1) is 0 Å². The summed E-state index contributed by atoms with van der Waals surface area (Å²) in [5.74, 6) is 2.00. The van der Waals surface area contributed by atoms with Gasteiger partial charge in [-0.1, -0.05) is 12.1 Å². The molecule has 2 N–H and O–H groups in total. The van der Waals surface area contributed by atoms with Gasteiger partial charge in [0.25, 0.3) is 0 Å². The second kappa shape index (κ2) is 8.04. The van der Waals surface area contributed by atoms with E-state index in [1.54, 1.807) is 38.5 Å². The molecule has 2 unspecified atom stereocenters. The normalized spacial score (nSPS) is 13.2. The average molecular weight is 332 g/mol. The molecule has 2 rings (SSSR count). The Morgan fingerprint density at radius 1 is 0.917 bits per heavy atom. The van der Waals surface area contributed by atoms with Gasteiger partial charge in [0.2, 0.25) is 0 Å². The molecule has 0 aliphatic heterocycles. The van der Waals surface area contributed by atoms with Crippen LogP contribution in [0.5, 0.6) is 17.2 Å². The summed E-state index contributed by atoms with van der Waals surface area (Å²) in [5, 5.41) is 20.2. The maximum Gasteiger partial charge on any atom is 0.152 e. The number of methoxy groups -OCH3 is 2. The molecule has 0 aromatic heterocycles. The first-order chi connectivity index (χ1) is 11.5. The second-order valence-corrected chi connectivity index (χ2v) is 5.64. The van der Waals surface area contributed by atoms with Gasteiger partial charge in [0.15, 0.2) is 6.10 Å². The highest BCUT2D eigenvalue weighted by Gasteiger charge is 2.23. The number of ether oxygens (including phenoxy) is 3. The fourth-order valence-corrected chi connectivity index (χ4v) is 2.48. The summed E-state index contributed by atoms with van der Waals surface area (Å²) in [7, 11) is 3.18. The molecular weight excluding hydrogens is 308 g/mol. The van der Waals surface area contributed by atoms with E-state index in [1.165, 1.54) is 0 Å². The highest BCUT2D eigenvalue weighted by atomic mass is 16.5. The fraction of sp³-hybridized carbons (Fsp3) is 0.368. The van der Waals surface area contributed by atoms with Crippen molar-refractivity contribution < 1.29 is 24.4 Å². The Balaban J connectivity index is 2.21. The summed E-state index contributed by atoms with van der Waals surface area (Å²) in [4.78, 5) is 0. The van der Waals surface area contributed by atoms with Crippen molar-refractivity contribution in [1.29, 1.82) is 0 Å². The first-order valence-corrected chi connectivity index (χ1v) is 7.75. The third-order valence-electron chi connectivity index (χ3n) is 3.97. The van der Waals surface area contributed by atoms with Crippen LogP contribution in [0.4, 0.5) is 0 Å². The summed E-state index contributed by atoms with van der Waals surface area (Å²) in [6, 6.07) is 10.8. The van der Waals surface area contributed by atoms with Crippen molar-refractivity contribution in [2.45, 2.75) is 26.1 Å². The molecule has 0 saturated heterocycles. The van der Waals surface area contributed by atoms with Gasteiger partial charge in [0.1, 0.15) is 23.4 Å². The van der Waals surface area contributed by atoms with Gasteiger partial charge in [0.05, 0.1) is 20.8 Å². The molecule has 0 amide bonds. The number of rotatable bonds is 7. The summed E-state index contributed by atoms with van der Waals surface area (Å²) < 4.78 is 16.3. The van der Waals surface area contributed by atoms with Crippen LogP contribution in [0.1, 0.15) is 22.8 Å². The van der Waals surface area contributed by atoms with E-state index in [0.29, 0.717) is 17.1 Å². The predicted molar refractivity (Wildman–Crippen MR) is 91.9 cm³/mol. The number of hydrogen-bond acceptors (Lipinski definition) is 5. The van der Waals surface area contributed by atoms with Crippen molar-refractivity contribution in [2.75, 3.05) is 20.8 Å². The van der Waals surface area contributed by atoms with Gasteiger partial charge in [0, 0.05) is 0 Å². The van der Waals surface area contributed by atoms with Crippen LogP contribution < -0.4 is 14.2 Å². The molecule has 0 spiro atoms. The molecule has 0 saturated carbocycles. The molecule has 0 aliphatic carbocycles. The highest BCUT2D eigenvalue weighted by molar-refractivity contribution is 5.40. The van der Waals surface area contributed by atoms with Crippen LogP contribution >= 0.6 is 0 Å². The molecule has 5 nitrogen and oxygen atoms in total. The minimum Gasteiger partial charge on any atom is -0.497 e. The predicted octanol–water partition coefficient (Wildman–Crippen LogP) is 2.79. The maximum absolute atomic E-state index is 10.6. The van der Waals surface area contributed by atoms with Crippen LogP contribution in [-0.4, -0.2) is 37.1 Å². The van der Waals surface area contributed by atoms with E-state index in [0.717, 1.165) is 16.9 Å². The standard InChI is InChI=1S/C19H24O5/c1-12-5-6-14(10-17(12)23-4)19(21)18(11-20)24-16-8-7-15(22-3)9-13(16)2/h5-10,18-21H,11H2,1-4H3. The molecule has 0 bridgehead atoms. The van der Waals surface area contributed by atoms with E-state index in [1.807, 2.05) is 26.0 Å². The molecule has 2 atom stereocenters. The van der Waals surface area contributed by atoms with Crippen molar-refractivity contribution >= 4 is 0 Å². The monoisotopic (exact) mass is 332 g/mol. The van der Waals surface area contributed by atoms with Gasteiger partial charge in [-0.2, -0.15) is 0 Å². The van der Waals surface area contributed by atoms with Crippen molar-refractivity contribution in [3.63, 3.8) is 0 Å². The molecule has 0 heterocycles. The van der Waals surface area contributed by atoms with Gasteiger partial charge >= 0.3 is 0 Å². The highest BCUT2D eigenvalue weighted by Crippen LogP contribution is 2.29. The van der Waals surface area contributed by atoms with Crippen LogP contribution in [-0.2, 0) is 0 Å². The minimum absolute atomic E-state index is 0.317. The Kier molecular flexibility index (Phi) is 6.06. The first kappa shape index (κ1) is 18.1. The second-order valence-electron chi connectivity index (χ2n) is 5.64. The zero-order valence-electron chi connectivity index (χ0n) is 14.4. The lowest BCUT2D eigenvalue weighted by atomic mass is 10.0. The SMILES string of the molecule is COc1ccc(OC(CO)C(O)c2ccc(C)c(OC)c2)c(C)c1. The molecule has 0 radical (unpaired) electrons. The van der Waals surface area contributed by atoms with E-state index in [2.05, 4.69) is 0 Å². The Labute approximate surface area is 142 Å². The number of hydrogen-bond donors (Lipinski definition) is 2. The van der Waals surface area contributed by atoms with E-state index < -0.39 is 12.2 Å². The maximum atomic E-state index is 10.6. The molecule has 2 aromatic carbocycles. The van der Waals surface area contributed by atoms with Crippen molar-refractivity contribution in [3.05, 3.63) is 53.1 Å². The number of aryl methyl sites for hydroxylation is 2. The lowest BCUT2D eigenvalue weighted by molar-refractivity contribution is 0.000330. The third-order valence-corrected chi connectivity index (χ3v) is 3.97. The van der Waals surface area contributed by atoms with E-state index >= 15 is 0 Å². The molecule has 24 heavy (non-hydrogen) atoms. The van der Waals surface area contributed by atoms with E-state index in [-0.39, 0.29) is 6.61 Å². The van der Waals surface area contributed by atoms with Crippen LogP contribution in [0.15, 0.2) is 36.4 Å². The molecule has 0 fully saturated rings. The Morgan fingerprint density at radius 3 is 2.25 bits per heavy atom. The van der Waals surface area contributed by atoms with Gasteiger partial charge in [-0.25, -0.2) is 0 Å². The van der Waals surface area contributed by atoms with Gasteiger partial charge in [-0.05, 0) is 54.8 Å². The van der Waals surface area contributed by atoms with Crippen LogP contribution in [0, 0.1) is 13.8 Å². The fourth-order valence-electron chi connectivity index (χ4n) is 2.48. The smallest absolute Gasteiger partial charge is 0.152 e. The molecular formula is C19H24O5. The molecule has 2 aromatic rings. The zero-order valence-corrected chi connectivity index (χ0v) is 14.4. The number of benzene rings is 2. The topological polar surface area (TPSA) is 68.2 Å². The van der Waals surface area contributed by atoms with E-state index in [4.69, 9.17) is 14.2 Å². The van der Waals surface area contributed by atoms with Crippen molar-refractivity contribution in [1.82, 2.24) is 0 Å². The molecule has 130 valence electrons. The summed E-state index contributed by atoms with van der Waals surface area (Å²) in [6.07, 6.45) is -1.77. The van der Waals surface area contributed by atoms with Crippen LogP contribution in [0.2, 0.25) is 0 Å².